The molecule has 0 radical (unpaired) electrons. The van der Waals surface area contributed by atoms with Crippen LogP contribution in [-0.2, 0) is 4.74 Å². The van der Waals surface area contributed by atoms with Gasteiger partial charge in [0.2, 0.25) is 5.95 Å². The summed E-state index contributed by atoms with van der Waals surface area (Å²) in [5.41, 5.74) is 13.4. The van der Waals surface area contributed by atoms with E-state index >= 15 is 0 Å². The first kappa shape index (κ1) is 25.0. The van der Waals surface area contributed by atoms with Crippen molar-refractivity contribution in [3.05, 3.63) is 6.33 Å². The third-order valence-electron chi connectivity index (χ3n) is 7.97. The van der Waals surface area contributed by atoms with Crippen LogP contribution in [0.3, 0.4) is 0 Å². The Morgan fingerprint density at radius 1 is 1.06 bits per heavy atom. The average molecular weight is 500 g/mol. The third-order valence-corrected chi connectivity index (χ3v) is 7.97. The number of hydrogen-bond acceptors (Lipinski definition) is 9. The molecule has 198 valence electrons. The van der Waals surface area contributed by atoms with Crippen LogP contribution in [0.15, 0.2) is 6.33 Å². The van der Waals surface area contributed by atoms with E-state index in [0.29, 0.717) is 43.7 Å². The van der Waals surface area contributed by atoms with Crippen LogP contribution in [0.4, 0.5) is 16.6 Å². The molecule has 0 aromatic carbocycles. The van der Waals surface area contributed by atoms with Crippen LogP contribution >= 0.6 is 0 Å². The van der Waals surface area contributed by atoms with Crippen molar-refractivity contribution >= 4 is 29.0 Å². The van der Waals surface area contributed by atoms with Gasteiger partial charge in [-0.15, -0.1) is 0 Å². The molecule has 2 aromatic heterocycles. The molecule has 3 aliphatic rings. The summed E-state index contributed by atoms with van der Waals surface area (Å²) >= 11 is 0. The molecule has 2 saturated carbocycles. The summed E-state index contributed by atoms with van der Waals surface area (Å²) in [7, 11) is 0. The van der Waals surface area contributed by atoms with Gasteiger partial charge in [-0.2, -0.15) is 9.97 Å². The van der Waals surface area contributed by atoms with Gasteiger partial charge in [0.05, 0.1) is 6.33 Å². The summed E-state index contributed by atoms with van der Waals surface area (Å²) in [5, 5.41) is 7.22. The fourth-order valence-corrected chi connectivity index (χ4v) is 5.67. The predicted octanol–water partition coefficient (Wildman–Crippen LogP) is 2.98. The lowest BCUT2D eigenvalue weighted by Crippen LogP contribution is -2.44. The molecular weight excluding hydrogens is 458 g/mol. The Morgan fingerprint density at radius 3 is 2.44 bits per heavy atom. The quantitative estimate of drug-likeness (QED) is 0.451. The Balaban J connectivity index is 1.32. The maximum absolute atomic E-state index is 12.4. The molecule has 1 saturated heterocycles. The van der Waals surface area contributed by atoms with Gasteiger partial charge in [0, 0.05) is 43.8 Å². The van der Waals surface area contributed by atoms with Crippen molar-refractivity contribution < 1.29 is 9.53 Å². The highest BCUT2D eigenvalue weighted by Gasteiger charge is 2.28. The summed E-state index contributed by atoms with van der Waals surface area (Å²) in [5.74, 6) is 1.42. The third kappa shape index (κ3) is 5.67. The van der Waals surface area contributed by atoms with Crippen LogP contribution in [0.1, 0.15) is 77.2 Å². The molecule has 0 spiro atoms. The lowest BCUT2D eigenvalue weighted by molar-refractivity contribution is 0.0666. The number of carbonyl (C=O) groups is 1. The minimum Gasteiger partial charge on any atom is -0.445 e. The standard InChI is InChI=1S/C25H41N9O2/c1-16(14-26)36-25(35)33-12-10-19(11-13-33)29-22-21-23(34(15-28-21)20-4-2-3-5-20)32-24(31-22)30-18-8-6-17(27)7-9-18/h15-20H,2-14,26-27H2,1H3,(H2,29,30,31,32). The van der Waals surface area contributed by atoms with Crippen LogP contribution < -0.4 is 22.1 Å². The second kappa shape index (κ2) is 11.2. The van der Waals surface area contributed by atoms with E-state index < -0.39 is 0 Å². The number of rotatable bonds is 7. The Kier molecular flexibility index (Phi) is 7.76. The van der Waals surface area contributed by atoms with Gasteiger partial charge in [0.25, 0.3) is 0 Å². The number of fused-ring (bicyclic) bond motifs is 1. The number of aromatic nitrogens is 4. The molecule has 36 heavy (non-hydrogen) atoms. The molecular formula is C25H41N9O2. The Morgan fingerprint density at radius 2 is 1.75 bits per heavy atom. The molecule has 1 unspecified atom stereocenters. The number of hydrogen-bond donors (Lipinski definition) is 4. The summed E-state index contributed by atoms with van der Waals surface area (Å²) in [4.78, 5) is 28.7. The van der Waals surface area contributed by atoms with E-state index in [1.165, 1.54) is 25.7 Å². The molecule has 1 atom stereocenters. The molecule has 11 nitrogen and oxygen atoms in total. The van der Waals surface area contributed by atoms with Crippen LogP contribution in [0.5, 0.6) is 0 Å². The van der Waals surface area contributed by atoms with Gasteiger partial charge in [-0.25, -0.2) is 9.78 Å². The lowest BCUT2D eigenvalue weighted by atomic mass is 9.92. The zero-order chi connectivity index (χ0) is 25.1. The van der Waals surface area contributed by atoms with Crippen LogP contribution in [0, 0.1) is 0 Å². The second-order valence-corrected chi connectivity index (χ2v) is 10.7. The van der Waals surface area contributed by atoms with E-state index in [1.807, 2.05) is 13.3 Å². The van der Waals surface area contributed by atoms with Crippen LogP contribution in [0.2, 0.25) is 0 Å². The van der Waals surface area contributed by atoms with E-state index in [-0.39, 0.29) is 18.2 Å². The number of likely N-dealkylation sites (tertiary alicyclic amines) is 1. The molecule has 2 aliphatic carbocycles. The number of piperidine rings is 1. The lowest BCUT2D eigenvalue weighted by Gasteiger charge is -2.32. The van der Waals surface area contributed by atoms with E-state index in [4.69, 9.17) is 31.2 Å². The van der Waals surface area contributed by atoms with Gasteiger partial charge in [0.15, 0.2) is 17.0 Å². The molecule has 0 bridgehead atoms. The van der Waals surface area contributed by atoms with Gasteiger partial charge in [-0.3, -0.25) is 0 Å². The maximum atomic E-state index is 12.4. The largest absolute Gasteiger partial charge is 0.445 e. The average Bonchev–Trinajstić information content (AvgIpc) is 3.56. The van der Waals surface area contributed by atoms with Crippen molar-refractivity contribution in [1.29, 1.82) is 0 Å². The number of nitrogens with one attached hydrogen (secondary N) is 2. The minimum absolute atomic E-state index is 0.191. The topological polar surface area (TPSA) is 149 Å². The zero-order valence-corrected chi connectivity index (χ0v) is 21.4. The fraction of sp³-hybridized carbons (Fsp3) is 0.760. The summed E-state index contributed by atoms with van der Waals surface area (Å²) in [6.45, 7) is 3.40. The number of anilines is 2. The normalized spacial score (nSPS) is 24.7. The first-order valence-corrected chi connectivity index (χ1v) is 13.7. The SMILES string of the molecule is CC(CN)OC(=O)N1CCC(Nc2nc(NC3CCC(N)CC3)nc3c2ncn3C2CCCC2)CC1. The van der Waals surface area contributed by atoms with Gasteiger partial charge in [-0.05, 0) is 58.3 Å². The number of nitrogens with two attached hydrogens (primary N) is 2. The minimum atomic E-state index is -0.287. The van der Waals surface area contributed by atoms with Crippen molar-refractivity contribution in [2.24, 2.45) is 11.5 Å². The highest BCUT2D eigenvalue weighted by Crippen LogP contribution is 2.34. The summed E-state index contributed by atoms with van der Waals surface area (Å²) in [6, 6.07) is 1.27. The Labute approximate surface area is 212 Å². The monoisotopic (exact) mass is 499 g/mol. The first-order valence-electron chi connectivity index (χ1n) is 13.7. The van der Waals surface area contributed by atoms with Crippen molar-refractivity contribution in [2.45, 2.75) is 101 Å². The molecule has 6 N–H and O–H groups in total. The molecule has 1 amide bonds. The smallest absolute Gasteiger partial charge is 0.410 e. The summed E-state index contributed by atoms with van der Waals surface area (Å²) < 4.78 is 7.63. The van der Waals surface area contributed by atoms with Gasteiger partial charge < -0.3 is 36.3 Å². The molecule has 11 heteroatoms. The van der Waals surface area contributed by atoms with Gasteiger partial charge >= 0.3 is 6.09 Å². The van der Waals surface area contributed by atoms with Gasteiger partial charge in [0.1, 0.15) is 6.10 Å². The number of nitrogens with zero attached hydrogens (tertiary/aromatic N) is 5. The van der Waals surface area contributed by atoms with Crippen molar-refractivity contribution in [1.82, 2.24) is 24.4 Å². The van der Waals surface area contributed by atoms with E-state index in [2.05, 4.69) is 15.2 Å². The number of amides is 1. The molecule has 3 fully saturated rings. The predicted molar refractivity (Wildman–Crippen MR) is 140 cm³/mol. The molecule has 2 aromatic rings. The zero-order valence-electron chi connectivity index (χ0n) is 21.4. The number of ether oxygens (including phenoxy) is 1. The fourth-order valence-electron chi connectivity index (χ4n) is 5.67. The van der Waals surface area contributed by atoms with E-state index in [9.17, 15) is 4.79 Å². The van der Waals surface area contributed by atoms with Crippen molar-refractivity contribution in [3.63, 3.8) is 0 Å². The molecule has 3 heterocycles. The van der Waals surface area contributed by atoms with Gasteiger partial charge in [-0.1, -0.05) is 12.8 Å². The summed E-state index contributed by atoms with van der Waals surface area (Å²) in [6.07, 6.45) is 11.9. The first-order chi connectivity index (χ1) is 17.5. The number of imidazole rings is 1. The van der Waals surface area contributed by atoms with Crippen molar-refractivity contribution in [2.75, 3.05) is 30.3 Å². The van der Waals surface area contributed by atoms with Crippen molar-refractivity contribution in [3.8, 4) is 0 Å². The molecule has 1 aliphatic heterocycles. The van der Waals surface area contributed by atoms with E-state index in [0.717, 1.165) is 55.5 Å². The molecule has 5 rings (SSSR count). The maximum Gasteiger partial charge on any atom is 0.410 e. The highest BCUT2D eigenvalue weighted by molar-refractivity contribution is 5.84. The van der Waals surface area contributed by atoms with E-state index in [1.54, 1.807) is 4.90 Å². The van der Waals surface area contributed by atoms with Crippen LogP contribution in [0.25, 0.3) is 11.2 Å². The highest BCUT2D eigenvalue weighted by atomic mass is 16.6. The Hall–Kier alpha value is -2.66. The van der Waals surface area contributed by atoms with Crippen LogP contribution in [-0.4, -0.2) is 74.4 Å². The second-order valence-electron chi connectivity index (χ2n) is 10.7. The Bertz CT molecular complexity index is 1020. The number of carbonyl (C=O) groups excluding carboxylic acids is 1.